The molecular formula is C13H9FN2O3S. The molecule has 0 spiro atoms. The van der Waals surface area contributed by atoms with Crippen LogP contribution in [0.3, 0.4) is 0 Å². The van der Waals surface area contributed by atoms with Gasteiger partial charge in [0.05, 0.1) is 11.8 Å². The van der Waals surface area contributed by atoms with Gasteiger partial charge in [-0.1, -0.05) is 0 Å². The van der Waals surface area contributed by atoms with Crippen LogP contribution in [0.2, 0.25) is 0 Å². The summed E-state index contributed by atoms with van der Waals surface area (Å²) in [5.41, 5.74) is 0.381. The molecule has 102 valence electrons. The minimum Gasteiger partial charge on any atom is -0.478 e. The third-order valence-corrected chi connectivity index (χ3v) is 3.14. The molecular weight excluding hydrogens is 283 g/mol. The van der Waals surface area contributed by atoms with Gasteiger partial charge in [-0.05, 0) is 24.3 Å². The lowest BCUT2D eigenvalue weighted by Crippen LogP contribution is -2.11. The number of hydrogen-bond donors (Lipinski definition) is 2. The lowest BCUT2D eigenvalue weighted by atomic mass is 10.3. The van der Waals surface area contributed by atoms with Crippen molar-refractivity contribution in [1.29, 1.82) is 0 Å². The Kier molecular flexibility index (Phi) is 4.21. The van der Waals surface area contributed by atoms with Crippen LogP contribution in [0.25, 0.3) is 6.08 Å². The number of nitrogens with zero attached hydrogens (tertiary/aromatic N) is 1. The maximum Gasteiger partial charge on any atom is 0.328 e. The number of aromatic nitrogens is 1. The highest BCUT2D eigenvalue weighted by Gasteiger charge is 2.09. The van der Waals surface area contributed by atoms with E-state index in [4.69, 9.17) is 5.11 Å². The van der Waals surface area contributed by atoms with E-state index < -0.39 is 17.7 Å². The summed E-state index contributed by atoms with van der Waals surface area (Å²) in [7, 11) is 0. The summed E-state index contributed by atoms with van der Waals surface area (Å²) < 4.78 is 12.7. The predicted octanol–water partition coefficient (Wildman–Crippen LogP) is 2.63. The first-order valence-corrected chi connectivity index (χ1v) is 6.35. The molecule has 0 radical (unpaired) electrons. The van der Waals surface area contributed by atoms with Crippen LogP contribution in [0.5, 0.6) is 0 Å². The maximum absolute atomic E-state index is 12.7. The topological polar surface area (TPSA) is 79.3 Å². The van der Waals surface area contributed by atoms with Crippen molar-refractivity contribution in [1.82, 2.24) is 4.98 Å². The molecule has 1 amide bonds. The average Bonchev–Trinajstić information content (AvgIpc) is 2.88. The van der Waals surface area contributed by atoms with Gasteiger partial charge < -0.3 is 10.4 Å². The number of carbonyl (C=O) groups excluding carboxylic acids is 1. The van der Waals surface area contributed by atoms with Gasteiger partial charge in [-0.15, -0.1) is 11.3 Å². The van der Waals surface area contributed by atoms with E-state index in [-0.39, 0.29) is 5.82 Å². The summed E-state index contributed by atoms with van der Waals surface area (Å²) in [6, 6.07) is 4.10. The number of pyridine rings is 1. The largest absolute Gasteiger partial charge is 0.478 e. The predicted molar refractivity (Wildman–Crippen MR) is 73.1 cm³/mol. The van der Waals surface area contributed by atoms with Crippen molar-refractivity contribution in [3.8, 4) is 0 Å². The first-order valence-electron chi connectivity index (χ1n) is 5.47. The van der Waals surface area contributed by atoms with Crippen molar-refractivity contribution in [3.05, 3.63) is 52.1 Å². The van der Waals surface area contributed by atoms with Gasteiger partial charge in [-0.2, -0.15) is 0 Å². The number of carboxylic acid groups (broad SMARTS) is 1. The third-order valence-electron chi connectivity index (χ3n) is 2.24. The molecule has 0 bridgehead atoms. The maximum atomic E-state index is 12.7. The van der Waals surface area contributed by atoms with Crippen molar-refractivity contribution in [2.24, 2.45) is 0 Å². The fourth-order valence-electron chi connectivity index (χ4n) is 1.35. The van der Waals surface area contributed by atoms with Gasteiger partial charge in [0.2, 0.25) is 0 Å². The van der Waals surface area contributed by atoms with Crippen LogP contribution in [0.15, 0.2) is 35.9 Å². The van der Waals surface area contributed by atoms with Crippen molar-refractivity contribution in [2.75, 3.05) is 5.32 Å². The summed E-state index contributed by atoms with van der Waals surface area (Å²) >= 11 is 1.24. The summed E-state index contributed by atoms with van der Waals surface area (Å²) in [5.74, 6) is -1.69. The van der Waals surface area contributed by atoms with E-state index in [1.807, 2.05) is 0 Å². The van der Waals surface area contributed by atoms with Gasteiger partial charge in [-0.25, -0.2) is 14.2 Å². The molecule has 7 heteroatoms. The van der Waals surface area contributed by atoms with Crippen molar-refractivity contribution in [3.63, 3.8) is 0 Å². The van der Waals surface area contributed by atoms with Crippen LogP contribution in [0, 0.1) is 5.82 Å². The standard InChI is InChI=1S/C13H9FN2O3S/c14-9-1-3-11(15-6-9)16-13(19)8-5-10(20-7-8)2-4-12(17)18/h1-7H,(H,17,18)(H,15,16,19). The molecule has 2 aromatic rings. The molecule has 0 saturated heterocycles. The Balaban J connectivity index is 2.06. The Labute approximate surface area is 117 Å². The highest BCUT2D eigenvalue weighted by molar-refractivity contribution is 7.11. The van der Waals surface area contributed by atoms with E-state index in [0.717, 1.165) is 12.3 Å². The minimum atomic E-state index is -1.06. The summed E-state index contributed by atoms with van der Waals surface area (Å²) in [6.07, 6.45) is 3.40. The number of aliphatic carboxylic acids is 1. The van der Waals surface area contributed by atoms with E-state index >= 15 is 0 Å². The minimum absolute atomic E-state index is 0.241. The van der Waals surface area contributed by atoms with Gasteiger partial charge in [-0.3, -0.25) is 4.79 Å². The number of hydrogen-bond acceptors (Lipinski definition) is 4. The first-order chi connectivity index (χ1) is 9.54. The van der Waals surface area contributed by atoms with E-state index in [1.54, 1.807) is 11.4 Å². The summed E-state index contributed by atoms with van der Waals surface area (Å²) in [5, 5.41) is 12.6. The zero-order valence-electron chi connectivity index (χ0n) is 10.0. The SMILES string of the molecule is O=C(O)C=Cc1cc(C(=O)Nc2ccc(F)cn2)cs1. The third kappa shape index (κ3) is 3.72. The molecule has 0 aliphatic carbocycles. The fraction of sp³-hybridized carbons (Fsp3) is 0. The molecule has 2 rings (SSSR count). The monoisotopic (exact) mass is 292 g/mol. The number of thiophene rings is 1. The van der Waals surface area contributed by atoms with Crippen LogP contribution in [0.4, 0.5) is 10.2 Å². The highest BCUT2D eigenvalue weighted by Crippen LogP contribution is 2.17. The molecule has 2 aromatic heterocycles. The lowest BCUT2D eigenvalue weighted by molar-refractivity contribution is -0.131. The molecule has 0 aromatic carbocycles. The van der Waals surface area contributed by atoms with E-state index in [9.17, 15) is 14.0 Å². The van der Waals surface area contributed by atoms with Crippen LogP contribution in [-0.2, 0) is 4.79 Å². The van der Waals surface area contributed by atoms with E-state index in [2.05, 4.69) is 10.3 Å². The van der Waals surface area contributed by atoms with Crippen LogP contribution in [-0.4, -0.2) is 22.0 Å². The van der Waals surface area contributed by atoms with Gasteiger partial charge in [0.15, 0.2) is 0 Å². The molecule has 0 unspecified atom stereocenters. The zero-order chi connectivity index (χ0) is 14.5. The number of halogens is 1. The molecule has 5 nitrogen and oxygen atoms in total. The van der Waals surface area contributed by atoms with Gasteiger partial charge in [0.25, 0.3) is 5.91 Å². The molecule has 0 aliphatic heterocycles. The Hall–Kier alpha value is -2.54. The first kappa shape index (κ1) is 13.9. The lowest BCUT2D eigenvalue weighted by Gasteiger charge is -2.01. The normalized spacial score (nSPS) is 10.7. The Morgan fingerprint density at radius 2 is 2.20 bits per heavy atom. The zero-order valence-corrected chi connectivity index (χ0v) is 10.9. The summed E-state index contributed by atoms with van der Waals surface area (Å²) in [6.45, 7) is 0. The Morgan fingerprint density at radius 3 is 2.85 bits per heavy atom. The molecule has 2 N–H and O–H groups in total. The second-order valence-electron chi connectivity index (χ2n) is 3.73. The number of carboxylic acids is 1. The molecule has 0 atom stereocenters. The number of rotatable bonds is 4. The van der Waals surface area contributed by atoms with Crippen LogP contribution < -0.4 is 5.32 Å². The number of amides is 1. The van der Waals surface area contributed by atoms with Crippen molar-refractivity contribution in [2.45, 2.75) is 0 Å². The second-order valence-corrected chi connectivity index (χ2v) is 4.67. The highest BCUT2D eigenvalue weighted by atomic mass is 32.1. The van der Waals surface area contributed by atoms with Gasteiger partial charge in [0.1, 0.15) is 11.6 Å². The van der Waals surface area contributed by atoms with Crippen molar-refractivity contribution >= 4 is 35.1 Å². The molecule has 2 heterocycles. The van der Waals surface area contributed by atoms with E-state index in [1.165, 1.54) is 29.5 Å². The number of nitrogens with one attached hydrogen (secondary N) is 1. The molecule has 0 fully saturated rings. The van der Waals surface area contributed by atoms with Gasteiger partial charge in [0, 0.05) is 16.3 Å². The van der Waals surface area contributed by atoms with Crippen molar-refractivity contribution < 1.29 is 19.1 Å². The average molecular weight is 292 g/mol. The van der Waals surface area contributed by atoms with Gasteiger partial charge >= 0.3 is 5.97 Å². The van der Waals surface area contributed by atoms with Crippen LogP contribution in [0.1, 0.15) is 15.2 Å². The smallest absolute Gasteiger partial charge is 0.328 e. The number of carbonyl (C=O) groups is 2. The molecule has 0 saturated carbocycles. The second kappa shape index (κ2) is 6.07. The number of anilines is 1. The summed E-state index contributed by atoms with van der Waals surface area (Å²) in [4.78, 5) is 26.6. The quantitative estimate of drug-likeness (QED) is 0.849. The fourth-order valence-corrected chi connectivity index (χ4v) is 2.13. The Morgan fingerprint density at radius 1 is 1.40 bits per heavy atom. The molecule has 0 aliphatic rings. The Bertz CT molecular complexity index is 665. The van der Waals surface area contributed by atoms with Crippen LogP contribution >= 0.6 is 11.3 Å². The van der Waals surface area contributed by atoms with E-state index in [0.29, 0.717) is 10.4 Å². The molecule has 20 heavy (non-hydrogen) atoms.